The zero-order valence-electron chi connectivity index (χ0n) is 21.6. The topological polar surface area (TPSA) is 99.6 Å². The molecular weight excluding hydrogens is 563 g/mol. The summed E-state index contributed by atoms with van der Waals surface area (Å²) in [5.74, 6) is -0.576. The first-order valence-corrected chi connectivity index (χ1v) is 14.2. The lowest BCUT2D eigenvalue weighted by Gasteiger charge is -2.25. The van der Waals surface area contributed by atoms with Gasteiger partial charge in [-0.25, -0.2) is 24.1 Å². The van der Waals surface area contributed by atoms with Crippen molar-refractivity contribution in [1.82, 2.24) is 14.5 Å². The molecule has 1 aliphatic rings. The summed E-state index contributed by atoms with van der Waals surface area (Å²) in [7, 11) is 0. The molecule has 3 aromatic heterocycles. The van der Waals surface area contributed by atoms with Crippen molar-refractivity contribution in [2.45, 2.75) is 23.2 Å². The molecule has 1 atom stereocenters. The predicted octanol–water partition coefficient (Wildman–Crippen LogP) is 4.61. The van der Waals surface area contributed by atoms with Gasteiger partial charge in [0.1, 0.15) is 11.6 Å². The fraction of sp³-hybridized carbons (Fsp3) is 0.100. The molecule has 11 heteroatoms. The van der Waals surface area contributed by atoms with Crippen LogP contribution in [0.15, 0.2) is 115 Å². The van der Waals surface area contributed by atoms with Crippen molar-refractivity contribution in [3.8, 4) is 0 Å². The summed E-state index contributed by atoms with van der Waals surface area (Å²) in [4.78, 5) is 40.9. The van der Waals surface area contributed by atoms with Crippen LogP contribution in [-0.2, 0) is 9.53 Å². The Morgan fingerprint density at radius 1 is 1.07 bits per heavy atom. The van der Waals surface area contributed by atoms with E-state index in [0.717, 1.165) is 0 Å². The molecule has 204 valence electrons. The highest BCUT2D eigenvalue weighted by molar-refractivity contribution is 7.99. The van der Waals surface area contributed by atoms with E-state index in [1.165, 1.54) is 39.8 Å². The predicted molar refractivity (Wildman–Crippen MR) is 152 cm³/mol. The highest BCUT2D eigenvalue weighted by Crippen LogP contribution is 2.35. The number of nitrogens with zero attached hydrogens (tertiary/aromatic N) is 4. The number of thiazole rings is 1. The fourth-order valence-corrected chi connectivity index (χ4v) is 6.09. The van der Waals surface area contributed by atoms with E-state index >= 15 is 0 Å². The van der Waals surface area contributed by atoms with Gasteiger partial charge in [0.05, 0.1) is 28.5 Å². The number of furan rings is 1. The Balaban J connectivity index is 1.52. The van der Waals surface area contributed by atoms with Gasteiger partial charge in [-0.2, -0.15) is 0 Å². The molecule has 1 aliphatic heterocycles. The highest BCUT2D eigenvalue weighted by Gasteiger charge is 2.35. The number of halogens is 1. The van der Waals surface area contributed by atoms with Crippen LogP contribution < -0.4 is 14.9 Å². The molecule has 2 aromatic carbocycles. The summed E-state index contributed by atoms with van der Waals surface area (Å²) >= 11 is 2.43. The highest BCUT2D eigenvalue weighted by atomic mass is 32.2. The number of aromatic nitrogens is 3. The van der Waals surface area contributed by atoms with Crippen LogP contribution in [0, 0.1) is 5.82 Å². The number of hydrogen-bond donors (Lipinski definition) is 0. The van der Waals surface area contributed by atoms with Gasteiger partial charge in [0.2, 0.25) is 0 Å². The van der Waals surface area contributed by atoms with Gasteiger partial charge in [0.15, 0.2) is 15.1 Å². The first-order valence-electron chi connectivity index (χ1n) is 12.6. The molecule has 8 nitrogen and oxygen atoms in total. The van der Waals surface area contributed by atoms with Gasteiger partial charge in [-0.3, -0.25) is 9.36 Å². The Labute approximate surface area is 241 Å². The van der Waals surface area contributed by atoms with Crippen molar-refractivity contribution in [2.24, 2.45) is 4.99 Å². The van der Waals surface area contributed by atoms with Crippen molar-refractivity contribution < 1.29 is 18.3 Å². The van der Waals surface area contributed by atoms with E-state index in [1.54, 1.807) is 55.7 Å². The van der Waals surface area contributed by atoms with E-state index in [1.807, 2.05) is 30.3 Å². The minimum atomic E-state index is -0.888. The first-order chi connectivity index (χ1) is 20.0. The summed E-state index contributed by atoms with van der Waals surface area (Å²) in [6.07, 6.45) is 4.93. The lowest BCUT2D eigenvalue weighted by molar-refractivity contribution is -0.138. The summed E-state index contributed by atoms with van der Waals surface area (Å²) in [6.45, 7) is 1.85. The molecule has 0 saturated heterocycles. The van der Waals surface area contributed by atoms with Gasteiger partial charge in [-0.15, -0.1) is 0 Å². The quantitative estimate of drug-likeness (QED) is 0.204. The Morgan fingerprint density at radius 2 is 1.83 bits per heavy atom. The number of fused-ring (bicyclic) bond motifs is 1. The van der Waals surface area contributed by atoms with Gasteiger partial charge < -0.3 is 9.15 Å². The second kappa shape index (κ2) is 11.5. The molecule has 0 spiro atoms. The van der Waals surface area contributed by atoms with Gasteiger partial charge >= 0.3 is 5.97 Å². The molecule has 0 aliphatic carbocycles. The second-order valence-corrected chi connectivity index (χ2v) is 10.8. The zero-order chi connectivity index (χ0) is 28.3. The molecule has 0 fully saturated rings. The summed E-state index contributed by atoms with van der Waals surface area (Å²) in [6, 6.07) is 19.3. The van der Waals surface area contributed by atoms with Crippen molar-refractivity contribution in [3.05, 3.63) is 133 Å². The molecule has 41 heavy (non-hydrogen) atoms. The van der Waals surface area contributed by atoms with Gasteiger partial charge in [-0.05, 0) is 54.6 Å². The average molecular weight is 585 g/mol. The largest absolute Gasteiger partial charge is 0.463 e. The number of ether oxygens (including phenoxy) is 1. The van der Waals surface area contributed by atoms with Gasteiger partial charge in [0, 0.05) is 24.0 Å². The molecule has 0 unspecified atom stereocenters. The van der Waals surface area contributed by atoms with Crippen LogP contribution in [-0.4, -0.2) is 27.1 Å². The van der Waals surface area contributed by atoms with Crippen LogP contribution in [0.5, 0.6) is 0 Å². The standard InChI is InChI=1S/C30H21FN4O4S2/c1-2-38-28(37)24-25(18-7-4-3-5-8-18)34-30-35(26(24)19-9-11-20(31)12-10-19)27(36)22(40-30)17-21-13-14-23(39-21)41-29-32-15-6-16-33-29/h3-17,26H,2H2,1H3/b22-17+/t26-/m1/s1. The lowest BCUT2D eigenvalue weighted by atomic mass is 9.93. The molecule has 6 rings (SSSR count). The Bertz CT molecular complexity index is 1930. The summed E-state index contributed by atoms with van der Waals surface area (Å²) in [5.41, 5.74) is 1.46. The minimum absolute atomic E-state index is 0.137. The maximum Gasteiger partial charge on any atom is 0.338 e. The Morgan fingerprint density at radius 3 is 2.56 bits per heavy atom. The Hall–Kier alpha value is -4.61. The molecule has 5 aromatic rings. The van der Waals surface area contributed by atoms with Crippen molar-refractivity contribution in [1.29, 1.82) is 0 Å². The van der Waals surface area contributed by atoms with Crippen molar-refractivity contribution in [3.63, 3.8) is 0 Å². The maximum atomic E-state index is 13.9. The molecule has 0 radical (unpaired) electrons. The van der Waals surface area contributed by atoms with E-state index in [2.05, 4.69) is 9.97 Å². The SMILES string of the molecule is CCOC(=O)C1=C(c2ccccc2)N=c2s/c(=C/c3ccc(Sc4ncccn4)o3)c(=O)n2[C@@H]1c1ccc(F)cc1. The summed E-state index contributed by atoms with van der Waals surface area (Å²) in [5, 5.41) is 1.10. The molecule has 0 N–H and O–H groups in total. The summed E-state index contributed by atoms with van der Waals surface area (Å²) < 4.78 is 27.1. The van der Waals surface area contributed by atoms with E-state index in [4.69, 9.17) is 14.1 Å². The number of carbonyl (C=O) groups is 1. The average Bonchev–Trinajstić information content (AvgIpc) is 3.56. The van der Waals surface area contributed by atoms with Gasteiger partial charge in [0.25, 0.3) is 5.56 Å². The number of rotatable bonds is 7. The third kappa shape index (κ3) is 5.41. The first kappa shape index (κ1) is 26.6. The number of esters is 1. The van der Waals surface area contributed by atoms with E-state index in [0.29, 0.717) is 42.2 Å². The van der Waals surface area contributed by atoms with Crippen LogP contribution in [0.1, 0.15) is 29.9 Å². The Kier molecular flexibility index (Phi) is 7.45. The fourth-order valence-electron chi connectivity index (χ4n) is 4.42. The molecule has 0 bridgehead atoms. The van der Waals surface area contributed by atoms with E-state index in [-0.39, 0.29) is 17.7 Å². The normalized spacial score (nSPS) is 15.0. The molecule has 4 heterocycles. The number of benzene rings is 2. The molecule has 0 saturated carbocycles. The number of hydrogen-bond acceptors (Lipinski definition) is 9. The molecular formula is C30H21FN4O4S2. The molecule has 0 amide bonds. The van der Waals surface area contributed by atoms with Crippen LogP contribution in [0.25, 0.3) is 11.8 Å². The number of carbonyl (C=O) groups excluding carboxylic acids is 1. The van der Waals surface area contributed by atoms with Crippen LogP contribution in [0.4, 0.5) is 4.39 Å². The van der Waals surface area contributed by atoms with Crippen LogP contribution >= 0.6 is 23.1 Å². The van der Waals surface area contributed by atoms with E-state index in [9.17, 15) is 14.0 Å². The smallest absolute Gasteiger partial charge is 0.338 e. The third-order valence-electron chi connectivity index (χ3n) is 6.17. The van der Waals surface area contributed by atoms with Crippen LogP contribution in [0.3, 0.4) is 0 Å². The van der Waals surface area contributed by atoms with Crippen molar-refractivity contribution >= 4 is 40.8 Å². The van der Waals surface area contributed by atoms with Crippen LogP contribution in [0.2, 0.25) is 0 Å². The van der Waals surface area contributed by atoms with Gasteiger partial charge in [-0.1, -0.05) is 53.8 Å². The minimum Gasteiger partial charge on any atom is -0.463 e. The monoisotopic (exact) mass is 584 g/mol. The second-order valence-electron chi connectivity index (χ2n) is 8.77. The third-order valence-corrected chi connectivity index (χ3v) is 7.97. The zero-order valence-corrected chi connectivity index (χ0v) is 23.2. The van der Waals surface area contributed by atoms with E-state index < -0.39 is 17.8 Å². The maximum absolute atomic E-state index is 13.9. The lowest BCUT2D eigenvalue weighted by Crippen LogP contribution is -2.40. The van der Waals surface area contributed by atoms with Crippen molar-refractivity contribution in [2.75, 3.05) is 6.61 Å².